The molecule has 2 aromatic rings. The summed E-state index contributed by atoms with van der Waals surface area (Å²) in [4.78, 5) is 0. The van der Waals surface area contributed by atoms with Crippen LogP contribution in [0.15, 0.2) is 36.4 Å². The molecule has 4 nitrogen and oxygen atoms in total. The maximum Gasteiger partial charge on any atom is 0.137 e. The summed E-state index contributed by atoms with van der Waals surface area (Å²) in [5.41, 5.74) is 8.39. The summed E-state index contributed by atoms with van der Waals surface area (Å²) in [7, 11) is 1.56. The third kappa shape index (κ3) is 2.90. The molecule has 0 saturated heterocycles. The van der Waals surface area contributed by atoms with Crippen molar-refractivity contribution in [2.45, 2.75) is 0 Å². The van der Waals surface area contributed by atoms with Crippen LogP contribution in [-0.2, 0) is 0 Å². The van der Waals surface area contributed by atoms with Gasteiger partial charge in [0, 0.05) is 5.69 Å². The predicted molar refractivity (Wildman–Crippen MR) is 76.9 cm³/mol. The van der Waals surface area contributed by atoms with Crippen LogP contribution in [0, 0.1) is 11.3 Å². The maximum absolute atomic E-state index is 8.88. The lowest BCUT2D eigenvalue weighted by atomic mass is 10.2. The van der Waals surface area contributed by atoms with Gasteiger partial charge in [0.15, 0.2) is 0 Å². The van der Waals surface area contributed by atoms with Crippen molar-refractivity contribution in [3.63, 3.8) is 0 Å². The number of hydrogen-bond acceptors (Lipinski definition) is 4. The fourth-order valence-corrected chi connectivity index (χ4v) is 1.89. The van der Waals surface area contributed by atoms with Crippen LogP contribution in [0.4, 0.5) is 17.1 Å². The van der Waals surface area contributed by atoms with Gasteiger partial charge in [-0.05, 0) is 36.4 Å². The van der Waals surface area contributed by atoms with Gasteiger partial charge < -0.3 is 15.8 Å². The molecule has 0 fully saturated rings. The minimum Gasteiger partial charge on any atom is -0.495 e. The second-order valence-electron chi connectivity index (χ2n) is 3.89. The van der Waals surface area contributed by atoms with Crippen LogP contribution < -0.4 is 15.8 Å². The number of anilines is 3. The normalized spacial score (nSPS) is 9.74. The summed E-state index contributed by atoms with van der Waals surface area (Å²) < 4.78 is 5.08. The summed E-state index contributed by atoms with van der Waals surface area (Å²) in [6, 6.07) is 12.4. The van der Waals surface area contributed by atoms with E-state index in [2.05, 4.69) is 11.4 Å². The van der Waals surface area contributed by atoms with E-state index in [1.807, 2.05) is 6.07 Å². The van der Waals surface area contributed by atoms with Gasteiger partial charge in [-0.25, -0.2) is 0 Å². The number of halogens is 1. The number of nitrogen functional groups attached to an aromatic ring is 1. The molecule has 0 unspecified atom stereocenters. The van der Waals surface area contributed by atoms with Gasteiger partial charge in [0.1, 0.15) is 5.75 Å². The number of ether oxygens (including phenoxy) is 1. The van der Waals surface area contributed by atoms with Crippen LogP contribution in [0.25, 0.3) is 0 Å². The van der Waals surface area contributed by atoms with Crippen LogP contribution in [0.5, 0.6) is 5.75 Å². The van der Waals surface area contributed by atoms with E-state index in [4.69, 9.17) is 27.3 Å². The second kappa shape index (κ2) is 5.51. The number of nitrogens with two attached hydrogens (primary N) is 1. The lowest BCUT2D eigenvalue weighted by Crippen LogP contribution is -1.97. The highest BCUT2D eigenvalue weighted by molar-refractivity contribution is 6.32. The SMILES string of the molecule is COc1ccc(Nc2cc(C#N)ccc2N)cc1Cl. The number of hydrogen-bond donors (Lipinski definition) is 2. The molecule has 2 aromatic carbocycles. The minimum absolute atomic E-state index is 0.502. The molecule has 0 amide bonds. The average Bonchev–Trinajstić information content (AvgIpc) is 2.41. The molecule has 0 aliphatic carbocycles. The van der Waals surface area contributed by atoms with Crippen LogP contribution in [0.1, 0.15) is 5.56 Å². The van der Waals surface area contributed by atoms with Gasteiger partial charge in [0.25, 0.3) is 0 Å². The highest BCUT2D eigenvalue weighted by Gasteiger charge is 2.05. The number of nitriles is 1. The first kappa shape index (κ1) is 13.1. The van der Waals surface area contributed by atoms with E-state index < -0.39 is 0 Å². The van der Waals surface area contributed by atoms with Crippen LogP contribution >= 0.6 is 11.6 Å². The van der Waals surface area contributed by atoms with Gasteiger partial charge in [0.2, 0.25) is 0 Å². The Morgan fingerprint density at radius 1 is 1.26 bits per heavy atom. The van der Waals surface area contributed by atoms with Gasteiger partial charge >= 0.3 is 0 Å². The first-order chi connectivity index (χ1) is 9.13. The number of methoxy groups -OCH3 is 1. The van der Waals surface area contributed by atoms with Crippen LogP contribution in [0.3, 0.4) is 0 Å². The van der Waals surface area contributed by atoms with Crippen LogP contribution in [0.2, 0.25) is 5.02 Å². The van der Waals surface area contributed by atoms with Crippen molar-refractivity contribution in [3.05, 3.63) is 47.0 Å². The first-order valence-electron chi connectivity index (χ1n) is 5.54. The fraction of sp³-hybridized carbons (Fsp3) is 0.0714. The lowest BCUT2D eigenvalue weighted by Gasteiger charge is -2.11. The van der Waals surface area contributed by atoms with E-state index >= 15 is 0 Å². The summed E-state index contributed by atoms with van der Waals surface area (Å²) in [6.45, 7) is 0. The van der Waals surface area contributed by atoms with Crippen molar-refractivity contribution >= 4 is 28.7 Å². The van der Waals surface area contributed by atoms with Gasteiger partial charge in [0.05, 0.1) is 35.1 Å². The highest BCUT2D eigenvalue weighted by Crippen LogP contribution is 2.30. The van der Waals surface area contributed by atoms with E-state index in [0.29, 0.717) is 27.7 Å². The molecule has 0 spiro atoms. The van der Waals surface area contributed by atoms with Crippen molar-refractivity contribution < 1.29 is 4.74 Å². The Hall–Kier alpha value is -2.38. The standard InChI is InChI=1S/C14H12ClN3O/c1-19-14-5-3-10(7-11(14)15)18-13-6-9(8-16)2-4-12(13)17/h2-7,18H,17H2,1H3. The Bertz CT molecular complexity index is 650. The monoisotopic (exact) mass is 273 g/mol. The summed E-state index contributed by atoms with van der Waals surface area (Å²) >= 11 is 6.05. The zero-order valence-corrected chi connectivity index (χ0v) is 11.0. The molecule has 5 heteroatoms. The Labute approximate surface area is 116 Å². The minimum atomic E-state index is 0.502. The lowest BCUT2D eigenvalue weighted by molar-refractivity contribution is 0.415. The Balaban J connectivity index is 2.31. The fourth-order valence-electron chi connectivity index (χ4n) is 1.63. The molecule has 0 heterocycles. The van der Waals surface area contributed by atoms with Crippen molar-refractivity contribution in [1.29, 1.82) is 5.26 Å². The molecule has 96 valence electrons. The summed E-state index contributed by atoms with van der Waals surface area (Å²) in [6.07, 6.45) is 0. The molecule has 0 aliphatic rings. The molecule has 0 atom stereocenters. The molecular formula is C14H12ClN3O. The molecule has 19 heavy (non-hydrogen) atoms. The predicted octanol–water partition coefficient (Wildman–Crippen LogP) is 3.55. The summed E-state index contributed by atoms with van der Waals surface area (Å²) in [5.74, 6) is 0.603. The first-order valence-corrected chi connectivity index (χ1v) is 5.92. The molecule has 0 saturated carbocycles. The van der Waals surface area contributed by atoms with E-state index in [1.165, 1.54) is 0 Å². The number of nitrogens with zero attached hydrogens (tertiary/aromatic N) is 1. The summed E-state index contributed by atoms with van der Waals surface area (Å²) in [5, 5.41) is 12.5. The van der Waals surface area contributed by atoms with Gasteiger partial charge in [-0.2, -0.15) is 5.26 Å². The Morgan fingerprint density at radius 3 is 2.68 bits per heavy atom. The maximum atomic E-state index is 8.88. The molecule has 0 aromatic heterocycles. The van der Waals surface area contributed by atoms with Crippen LogP contribution in [-0.4, -0.2) is 7.11 Å². The topological polar surface area (TPSA) is 71.1 Å². The van der Waals surface area contributed by atoms with Crippen molar-refractivity contribution in [2.24, 2.45) is 0 Å². The molecule has 0 radical (unpaired) electrons. The zero-order chi connectivity index (χ0) is 13.8. The number of nitrogens with one attached hydrogen (secondary N) is 1. The quantitative estimate of drug-likeness (QED) is 0.839. The molecule has 0 aliphatic heterocycles. The van der Waals surface area contributed by atoms with Gasteiger partial charge in [-0.3, -0.25) is 0 Å². The van der Waals surface area contributed by atoms with Crippen molar-refractivity contribution in [2.75, 3.05) is 18.2 Å². The molecule has 3 N–H and O–H groups in total. The number of rotatable bonds is 3. The zero-order valence-electron chi connectivity index (χ0n) is 10.3. The van der Waals surface area contributed by atoms with Crippen molar-refractivity contribution in [3.8, 4) is 11.8 Å². The smallest absolute Gasteiger partial charge is 0.137 e. The van der Waals surface area contributed by atoms with Gasteiger partial charge in [-0.15, -0.1) is 0 Å². The third-order valence-electron chi connectivity index (χ3n) is 2.61. The van der Waals surface area contributed by atoms with Crippen molar-refractivity contribution in [1.82, 2.24) is 0 Å². The highest BCUT2D eigenvalue weighted by atomic mass is 35.5. The van der Waals surface area contributed by atoms with E-state index in [1.54, 1.807) is 37.4 Å². The second-order valence-corrected chi connectivity index (χ2v) is 4.30. The van der Waals surface area contributed by atoms with E-state index in [0.717, 1.165) is 5.69 Å². The number of benzene rings is 2. The molecular weight excluding hydrogens is 262 g/mol. The third-order valence-corrected chi connectivity index (χ3v) is 2.91. The van der Waals surface area contributed by atoms with E-state index in [-0.39, 0.29) is 0 Å². The van der Waals surface area contributed by atoms with Gasteiger partial charge in [-0.1, -0.05) is 11.6 Å². The van der Waals surface area contributed by atoms with E-state index in [9.17, 15) is 0 Å². The Morgan fingerprint density at radius 2 is 2.05 bits per heavy atom. The average molecular weight is 274 g/mol. The Kier molecular flexibility index (Phi) is 3.79. The largest absolute Gasteiger partial charge is 0.495 e. The molecule has 2 rings (SSSR count). The molecule has 0 bridgehead atoms.